The maximum absolute atomic E-state index is 12.5. The van der Waals surface area contributed by atoms with Crippen LogP contribution in [0, 0.1) is 0 Å². The highest BCUT2D eigenvalue weighted by Gasteiger charge is 2.22. The number of nitrogen functional groups attached to an aromatic ring is 1. The van der Waals surface area contributed by atoms with E-state index in [1.54, 1.807) is 13.3 Å². The van der Waals surface area contributed by atoms with Gasteiger partial charge in [0, 0.05) is 31.8 Å². The first-order valence-corrected chi connectivity index (χ1v) is 11.0. The molecule has 1 aliphatic rings. The number of hydrogen-bond donors (Lipinski definition) is 1. The van der Waals surface area contributed by atoms with Crippen LogP contribution in [0.2, 0.25) is 0 Å². The van der Waals surface area contributed by atoms with Gasteiger partial charge < -0.3 is 20.1 Å². The number of ether oxygens (including phenoxy) is 2. The second-order valence-corrected chi connectivity index (χ2v) is 8.37. The Morgan fingerprint density at radius 2 is 2.21 bits per heavy atom. The van der Waals surface area contributed by atoms with Gasteiger partial charge in [0.25, 0.3) is 0 Å². The highest BCUT2D eigenvalue weighted by atomic mass is 32.2. The molecule has 0 unspecified atom stereocenters. The van der Waals surface area contributed by atoms with Crippen LogP contribution in [0.4, 0.5) is 5.69 Å². The van der Waals surface area contributed by atoms with Crippen LogP contribution in [0.25, 0.3) is 20.9 Å². The van der Waals surface area contributed by atoms with E-state index >= 15 is 0 Å². The van der Waals surface area contributed by atoms with Crippen molar-refractivity contribution >= 4 is 44.9 Å². The predicted octanol–water partition coefficient (Wildman–Crippen LogP) is 1.73. The third-order valence-electron chi connectivity index (χ3n) is 4.63. The van der Waals surface area contributed by atoms with Gasteiger partial charge in [-0.05, 0) is 12.1 Å². The lowest BCUT2D eigenvalue weighted by Gasteiger charge is -2.26. The molecule has 11 heteroatoms. The second-order valence-electron chi connectivity index (χ2n) is 6.43. The normalized spacial score (nSPS) is 14.6. The molecule has 0 spiro atoms. The number of carbonyl (C=O) groups is 1. The Morgan fingerprint density at radius 1 is 1.38 bits per heavy atom. The Balaban J connectivity index is 1.59. The fourth-order valence-corrected chi connectivity index (χ4v) is 5.02. The van der Waals surface area contributed by atoms with Crippen LogP contribution in [0.3, 0.4) is 0 Å². The van der Waals surface area contributed by atoms with Gasteiger partial charge in [0.1, 0.15) is 4.83 Å². The molecule has 0 aromatic carbocycles. The number of pyridine rings is 1. The molecule has 4 heterocycles. The first-order valence-electron chi connectivity index (χ1n) is 9.23. The highest BCUT2D eigenvalue weighted by molar-refractivity contribution is 7.99. The average molecular weight is 435 g/mol. The number of nitrogens with two attached hydrogens (primary N) is 1. The summed E-state index contributed by atoms with van der Waals surface area (Å²) in [7, 11) is 1.65. The second kappa shape index (κ2) is 9.08. The van der Waals surface area contributed by atoms with Gasteiger partial charge in [0.2, 0.25) is 5.91 Å². The Morgan fingerprint density at radius 3 is 2.97 bits per heavy atom. The maximum atomic E-state index is 12.5. The number of rotatable bonds is 7. The topological polar surface area (TPSA) is 108 Å². The minimum atomic E-state index is 0.0757. The SMILES string of the molecule is COCCn1c(SCC(=O)N2CCOCC2)nnc1-c1sc2ncccc2c1N. The molecule has 1 saturated heterocycles. The number of morpholine rings is 1. The number of methoxy groups -OCH3 is 1. The van der Waals surface area contributed by atoms with Gasteiger partial charge in [0.05, 0.1) is 42.7 Å². The van der Waals surface area contributed by atoms with Crippen molar-refractivity contribution in [3.05, 3.63) is 18.3 Å². The third kappa shape index (κ3) is 4.22. The van der Waals surface area contributed by atoms with Gasteiger partial charge >= 0.3 is 0 Å². The zero-order valence-corrected chi connectivity index (χ0v) is 17.7. The average Bonchev–Trinajstić information content (AvgIpc) is 3.31. The van der Waals surface area contributed by atoms with Crippen molar-refractivity contribution in [1.29, 1.82) is 0 Å². The fourth-order valence-electron chi connectivity index (χ4n) is 3.10. The number of hydrogen-bond acceptors (Lipinski definition) is 9. The quantitative estimate of drug-likeness (QED) is 0.560. The Labute approximate surface area is 176 Å². The summed E-state index contributed by atoms with van der Waals surface area (Å²) in [5.74, 6) is 1.05. The van der Waals surface area contributed by atoms with Crippen LogP contribution < -0.4 is 5.73 Å². The Kier molecular flexibility index (Phi) is 6.28. The molecular weight excluding hydrogens is 412 g/mol. The molecule has 0 saturated carbocycles. The molecule has 0 aliphatic carbocycles. The highest BCUT2D eigenvalue weighted by Crippen LogP contribution is 2.39. The van der Waals surface area contributed by atoms with E-state index in [1.165, 1.54) is 23.1 Å². The first-order chi connectivity index (χ1) is 14.2. The number of nitrogens with zero attached hydrogens (tertiary/aromatic N) is 5. The van der Waals surface area contributed by atoms with Crippen molar-refractivity contribution < 1.29 is 14.3 Å². The van der Waals surface area contributed by atoms with Crippen LogP contribution in [-0.4, -0.2) is 76.3 Å². The molecule has 2 N–H and O–H groups in total. The molecular formula is C18H22N6O3S2. The number of carbonyl (C=O) groups excluding carboxylic acids is 1. The fraction of sp³-hybridized carbons (Fsp3) is 0.444. The van der Waals surface area contributed by atoms with Crippen molar-refractivity contribution in [3.8, 4) is 10.7 Å². The van der Waals surface area contributed by atoms with E-state index in [0.717, 1.165) is 15.1 Å². The molecule has 0 radical (unpaired) electrons. The summed E-state index contributed by atoms with van der Waals surface area (Å²) < 4.78 is 12.5. The van der Waals surface area contributed by atoms with Crippen molar-refractivity contribution in [2.75, 3.05) is 51.5 Å². The summed E-state index contributed by atoms with van der Waals surface area (Å²) >= 11 is 2.86. The van der Waals surface area contributed by atoms with E-state index < -0.39 is 0 Å². The van der Waals surface area contributed by atoms with E-state index in [9.17, 15) is 4.79 Å². The van der Waals surface area contributed by atoms with Gasteiger partial charge in [-0.25, -0.2) is 4.98 Å². The number of amides is 1. The van der Waals surface area contributed by atoms with Gasteiger partial charge in [-0.15, -0.1) is 21.5 Å². The van der Waals surface area contributed by atoms with E-state index in [0.29, 0.717) is 61.9 Å². The summed E-state index contributed by atoms with van der Waals surface area (Å²) in [5, 5.41) is 10.3. The molecule has 0 bridgehead atoms. The summed E-state index contributed by atoms with van der Waals surface area (Å²) in [6.07, 6.45) is 1.75. The minimum Gasteiger partial charge on any atom is -0.397 e. The molecule has 1 amide bonds. The van der Waals surface area contributed by atoms with Crippen LogP contribution in [0.1, 0.15) is 0 Å². The molecule has 29 heavy (non-hydrogen) atoms. The molecule has 3 aromatic rings. The van der Waals surface area contributed by atoms with E-state index in [2.05, 4.69) is 15.2 Å². The maximum Gasteiger partial charge on any atom is 0.233 e. The molecule has 1 fully saturated rings. The molecule has 4 rings (SSSR count). The molecule has 0 atom stereocenters. The number of fused-ring (bicyclic) bond motifs is 1. The molecule has 154 valence electrons. The van der Waals surface area contributed by atoms with E-state index in [4.69, 9.17) is 15.2 Å². The largest absolute Gasteiger partial charge is 0.397 e. The Bertz CT molecular complexity index is 999. The lowest BCUT2D eigenvalue weighted by atomic mass is 10.2. The van der Waals surface area contributed by atoms with Crippen LogP contribution in [0.15, 0.2) is 23.5 Å². The Hall–Kier alpha value is -2.21. The smallest absolute Gasteiger partial charge is 0.233 e. The lowest BCUT2D eigenvalue weighted by molar-refractivity contribution is -0.132. The number of thioether (sulfide) groups is 1. The zero-order chi connectivity index (χ0) is 20.2. The molecule has 1 aliphatic heterocycles. The third-order valence-corrected chi connectivity index (χ3v) is 6.71. The minimum absolute atomic E-state index is 0.0757. The van der Waals surface area contributed by atoms with Crippen LogP contribution in [-0.2, 0) is 20.8 Å². The van der Waals surface area contributed by atoms with Crippen molar-refractivity contribution in [1.82, 2.24) is 24.6 Å². The number of thiophene rings is 1. The molecule has 9 nitrogen and oxygen atoms in total. The summed E-state index contributed by atoms with van der Waals surface area (Å²) in [6.45, 7) is 3.50. The van der Waals surface area contributed by atoms with Gasteiger partial charge in [0.15, 0.2) is 11.0 Å². The van der Waals surface area contributed by atoms with Gasteiger partial charge in [-0.2, -0.15) is 0 Å². The van der Waals surface area contributed by atoms with Crippen LogP contribution >= 0.6 is 23.1 Å². The monoisotopic (exact) mass is 434 g/mol. The van der Waals surface area contributed by atoms with E-state index in [-0.39, 0.29) is 5.91 Å². The number of anilines is 1. The summed E-state index contributed by atoms with van der Waals surface area (Å²) in [4.78, 5) is 20.4. The van der Waals surface area contributed by atoms with Crippen molar-refractivity contribution in [3.63, 3.8) is 0 Å². The van der Waals surface area contributed by atoms with Gasteiger partial charge in [-0.3, -0.25) is 9.36 Å². The van der Waals surface area contributed by atoms with Gasteiger partial charge in [-0.1, -0.05) is 11.8 Å². The lowest BCUT2D eigenvalue weighted by Crippen LogP contribution is -2.41. The summed E-state index contributed by atoms with van der Waals surface area (Å²) in [6, 6.07) is 3.81. The first kappa shape index (κ1) is 20.1. The summed E-state index contributed by atoms with van der Waals surface area (Å²) in [5.41, 5.74) is 7.02. The predicted molar refractivity (Wildman–Crippen MR) is 113 cm³/mol. The van der Waals surface area contributed by atoms with Crippen molar-refractivity contribution in [2.45, 2.75) is 11.7 Å². The van der Waals surface area contributed by atoms with E-state index in [1.807, 2.05) is 21.6 Å². The zero-order valence-electron chi connectivity index (χ0n) is 16.0. The van der Waals surface area contributed by atoms with Crippen LogP contribution in [0.5, 0.6) is 0 Å². The number of aromatic nitrogens is 4. The molecule has 3 aromatic heterocycles. The van der Waals surface area contributed by atoms with Crippen molar-refractivity contribution in [2.24, 2.45) is 0 Å². The standard InChI is InChI=1S/C18H22N6O3S2/c1-26-8-7-24-16(15-14(19)12-3-2-4-20-17(12)29-15)21-22-18(24)28-11-13(25)23-5-9-27-10-6-23/h2-4H,5-11,19H2,1H3.